The lowest BCUT2D eigenvalue weighted by Gasteiger charge is -2.16. The summed E-state index contributed by atoms with van der Waals surface area (Å²) < 4.78 is 0.850. The standard InChI is InChI=1S/C13H15N3O2S2/c1-8(11(17)16-12(18)14-2)20-13-15-10-6-4-3-5-9(10)7-19-13/h3-6,8H,7H2,1-2H3,(H2,14,16,17,18)/t8-/m1/s1. The van der Waals surface area contributed by atoms with Crippen LogP contribution in [0, 0.1) is 0 Å². The minimum Gasteiger partial charge on any atom is -0.341 e. The summed E-state index contributed by atoms with van der Waals surface area (Å²) in [5, 5.41) is 4.24. The molecule has 1 aliphatic rings. The number of rotatable bonds is 2. The van der Waals surface area contributed by atoms with Crippen molar-refractivity contribution in [2.24, 2.45) is 4.99 Å². The molecule has 0 fully saturated rings. The monoisotopic (exact) mass is 309 g/mol. The van der Waals surface area contributed by atoms with E-state index >= 15 is 0 Å². The molecule has 0 saturated carbocycles. The maximum absolute atomic E-state index is 11.8. The zero-order chi connectivity index (χ0) is 14.5. The summed E-state index contributed by atoms with van der Waals surface area (Å²) in [6.45, 7) is 1.76. The third-order valence-corrected chi connectivity index (χ3v) is 4.96. The Labute approximate surface area is 126 Å². The third kappa shape index (κ3) is 3.77. The van der Waals surface area contributed by atoms with Crippen molar-refractivity contribution in [2.45, 2.75) is 17.9 Å². The summed E-state index contributed by atoms with van der Waals surface area (Å²) in [4.78, 5) is 27.4. The van der Waals surface area contributed by atoms with Crippen LogP contribution in [-0.4, -0.2) is 28.6 Å². The predicted octanol–water partition coefficient (Wildman–Crippen LogP) is 2.50. The molecular formula is C13H15N3O2S2. The molecule has 2 N–H and O–H groups in total. The molecule has 3 amide bonds. The van der Waals surface area contributed by atoms with Crippen LogP contribution in [0.2, 0.25) is 0 Å². The van der Waals surface area contributed by atoms with E-state index in [2.05, 4.69) is 21.7 Å². The average Bonchev–Trinajstić information content (AvgIpc) is 2.46. The van der Waals surface area contributed by atoms with Crippen LogP contribution in [0.15, 0.2) is 29.3 Å². The summed E-state index contributed by atoms with van der Waals surface area (Å²) in [5.74, 6) is 0.530. The van der Waals surface area contributed by atoms with Crippen LogP contribution in [0.3, 0.4) is 0 Å². The maximum atomic E-state index is 11.8. The molecule has 0 saturated heterocycles. The first-order valence-electron chi connectivity index (χ1n) is 6.09. The molecule has 0 spiro atoms. The molecule has 0 bridgehead atoms. The van der Waals surface area contributed by atoms with Gasteiger partial charge in [-0.15, -0.1) is 0 Å². The summed E-state index contributed by atoms with van der Waals surface area (Å²) in [5.41, 5.74) is 2.15. The summed E-state index contributed by atoms with van der Waals surface area (Å²) in [6.07, 6.45) is 0. The fourth-order valence-electron chi connectivity index (χ4n) is 1.55. The highest BCUT2D eigenvalue weighted by atomic mass is 32.2. The number of nitrogens with one attached hydrogen (secondary N) is 2. The van der Waals surface area contributed by atoms with Crippen molar-refractivity contribution >= 4 is 45.5 Å². The summed E-state index contributed by atoms with van der Waals surface area (Å²) in [7, 11) is 1.47. The zero-order valence-electron chi connectivity index (χ0n) is 11.2. The molecule has 1 atom stereocenters. The molecular weight excluding hydrogens is 294 g/mol. The molecule has 1 aromatic carbocycles. The van der Waals surface area contributed by atoms with E-state index in [0.29, 0.717) is 0 Å². The number of amides is 3. The van der Waals surface area contributed by atoms with Gasteiger partial charge in [-0.3, -0.25) is 10.1 Å². The maximum Gasteiger partial charge on any atom is 0.321 e. The number of thioether (sulfide) groups is 2. The highest BCUT2D eigenvalue weighted by Gasteiger charge is 2.21. The second-order valence-electron chi connectivity index (χ2n) is 4.12. The Balaban J connectivity index is 1.99. The van der Waals surface area contributed by atoms with Crippen LogP contribution < -0.4 is 10.6 Å². The molecule has 0 aromatic heterocycles. The second kappa shape index (κ2) is 6.81. The number of nitrogens with zero attached hydrogens (tertiary/aromatic N) is 1. The van der Waals surface area contributed by atoms with Crippen LogP contribution in [0.5, 0.6) is 0 Å². The average molecular weight is 309 g/mol. The zero-order valence-corrected chi connectivity index (χ0v) is 12.8. The topological polar surface area (TPSA) is 70.6 Å². The van der Waals surface area contributed by atoms with E-state index in [1.807, 2.05) is 18.2 Å². The molecule has 1 aromatic rings. The fraction of sp³-hybridized carbons (Fsp3) is 0.308. The van der Waals surface area contributed by atoms with Gasteiger partial charge in [0, 0.05) is 12.8 Å². The van der Waals surface area contributed by atoms with E-state index < -0.39 is 6.03 Å². The summed E-state index contributed by atoms with van der Waals surface area (Å²) >= 11 is 2.97. The van der Waals surface area contributed by atoms with Gasteiger partial charge in [0.05, 0.1) is 10.9 Å². The molecule has 0 unspecified atom stereocenters. The molecule has 106 valence electrons. The molecule has 2 rings (SSSR count). The second-order valence-corrected chi connectivity index (χ2v) is 6.68. The first-order valence-corrected chi connectivity index (χ1v) is 7.95. The van der Waals surface area contributed by atoms with Crippen molar-refractivity contribution in [3.8, 4) is 0 Å². The van der Waals surface area contributed by atoms with Crippen LogP contribution in [0.4, 0.5) is 10.5 Å². The van der Waals surface area contributed by atoms with Crippen molar-refractivity contribution < 1.29 is 9.59 Å². The summed E-state index contributed by atoms with van der Waals surface area (Å²) in [6, 6.07) is 7.46. The van der Waals surface area contributed by atoms with Gasteiger partial charge in [0.25, 0.3) is 0 Å². The van der Waals surface area contributed by atoms with Gasteiger partial charge in [-0.25, -0.2) is 9.79 Å². The van der Waals surface area contributed by atoms with Gasteiger partial charge < -0.3 is 5.32 Å². The van der Waals surface area contributed by atoms with Crippen molar-refractivity contribution in [1.29, 1.82) is 0 Å². The molecule has 20 heavy (non-hydrogen) atoms. The van der Waals surface area contributed by atoms with E-state index in [1.165, 1.54) is 24.4 Å². The minimum absolute atomic E-state index is 0.323. The number of carbonyl (C=O) groups is 2. The minimum atomic E-state index is -0.494. The first-order chi connectivity index (χ1) is 9.60. The number of para-hydroxylation sites is 1. The Hall–Kier alpha value is -1.47. The van der Waals surface area contributed by atoms with E-state index in [4.69, 9.17) is 0 Å². The number of imide groups is 1. The number of fused-ring (bicyclic) bond motifs is 1. The number of benzene rings is 1. The highest BCUT2D eigenvalue weighted by molar-refractivity contribution is 8.39. The smallest absolute Gasteiger partial charge is 0.321 e. The Morgan fingerprint density at radius 2 is 2.15 bits per heavy atom. The lowest BCUT2D eigenvalue weighted by atomic mass is 10.2. The molecule has 1 heterocycles. The SMILES string of the molecule is CNC(=O)NC(=O)[C@@H](C)SC1=Nc2ccccc2CS1. The first kappa shape index (κ1) is 14.9. The third-order valence-electron chi connectivity index (χ3n) is 2.67. The quantitative estimate of drug-likeness (QED) is 0.880. The van der Waals surface area contributed by atoms with Gasteiger partial charge in [0.15, 0.2) is 0 Å². The van der Waals surface area contributed by atoms with Crippen molar-refractivity contribution in [3.63, 3.8) is 0 Å². The largest absolute Gasteiger partial charge is 0.341 e. The van der Waals surface area contributed by atoms with Crippen molar-refractivity contribution in [3.05, 3.63) is 29.8 Å². The van der Waals surface area contributed by atoms with E-state index in [1.54, 1.807) is 18.7 Å². The number of hydrogen-bond donors (Lipinski definition) is 2. The number of hydrogen-bond acceptors (Lipinski definition) is 5. The Bertz CT molecular complexity index is 560. The predicted molar refractivity (Wildman–Crippen MR) is 84.5 cm³/mol. The van der Waals surface area contributed by atoms with Crippen LogP contribution in [0.1, 0.15) is 12.5 Å². The normalized spacial score (nSPS) is 14.8. The van der Waals surface area contributed by atoms with Crippen molar-refractivity contribution in [1.82, 2.24) is 10.6 Å². The lowest BCUT2D eigenvalue weighted by Crippen LogP contribution is -2.41. The van der Waals surface area contributed by atoms with E-state index in [9.17, 15) is 9.59 Å². The van der Waals surface area contributed by atoms with Crippen LogP contribution in [0.25, 0.3) is 0 Å². The molecule has 0 radical (unpaired) electrons. The number of urea groups is 1. The Kier molecular flexibility index (Phi) is 5.08. The van der Waals surface area contributed by atoms with Crippen LogP contribution in [-0.2, 0) is 10.5 Å². The van der Waals surface area contributed by atoms with Gasteiger partial charge in [0.1, 0.15) is 4.38 Å². The number of aliphatic imine (C=N–C) groups is 1. The van der Waals surface area contributed by atoms with Gasteiger partial charge in [-0.05, 0) is 18.6 Å². The fourth-order valence-corrected chi connectivity index (χ4v) is 3.74. The molecule has 7 heteroatoms. The van der Waals surface area contributed by atoms with E-state index in [0.717, 1.165) is 15.8 Å². The molecule has 5 nitrogen and oxygen atoms in total. The molecule has 1 aliphatic heterocycles. The Morgan fingerprint density at radius 3 is 2.90 bits per heavy atom. The van der Waals surface area contributed by atoms with E-state index in [-0.39, 0.29) is 11.2 Å². The van der Waals surface area contributed by atoms with Gasteiger partial charge >= 0.3 is 6.03 Å². The Morgan fingerprint density at radius 1 is 1.40 bits per heavy atom. The lowest BCUT2D eigenvalue weighted by molar-refractivity contribution is -0.119. The van der Waals surface area contributed by atoms with Crippen LogP contribution >= 0.6 is 23.5 Å². The van der Waals surface area contributed by atoms with Crippen molar-refractivity contribution in [2.75, 3.05) is 7.05 Å². The molecule has 0 aliphatic carbocycles. The van der Waals surface area contributed by atoms with Gasteiger partial charge in [-0.1, -0.05) is 41.7 Å². The van der Waals surface area contributed by atoms with Gasteiger partial charge in [-0.2, -0.15) is 0 Å². The number of carbonyl (C=O) groups excluding carboxylic acids is 2. The van der Waals surface area contributed by atoms with Gasteiger partial charge in [0.2, 0.25) is 5.91 Å². The highest BCUT2D eigenvalue weighted by Crippen LogP contribution is 2.35.